The molecule has 1 aromatic heterocycles. The maximum absolute atomic E-state index is 11.9. The van der Waals surface area contributed by atoms with Gasteiger partial charge in [-0.25, -0.2) is 0 Å². The molecule has 0 spiro atoms. The molecule has 4 nitrogen and oxygen atoms in total. The van der Waals surface area contributed by atoms with Gasteiger partial charge in [0.1, 0.15) is 0 Å². The largest absolute Gasteiger partial charge is 0.341 e. The van der Waals surface area contributed by atoms with Crippen molar-refractivity contribution in [1.29, 1.82) is 0 Å². The number of carbonyl (C=O) groups is 1. The van der Waals surface area contributed by atoms with Crippen LogP contribution in [0.1, 0.15) is 21.5 Å². The molecule has 0 radical (unpaired) electrons. The summed E-state index contributed by atoms with van der Waals surface area (Å²) >= 11 is 3.30. The Balaban J connectivity index is 1.45. The third kappa shape index (κ3) is 4.44. The average molecular weight is 384 g/mol. The summed E-state index contributed by atoms with van der Waals surface area (Å²) in [5, 5.41) is 2.79. The minimum absolute atomic E-state index is 0.162. The van der Waals surface area contributed by atoms with E-state index >= 15 is 0 Å². The predicted octanol–water partition coefficient (Wildman–Crippen LogP) is 2.64. The molecular weight excluding hydrogens is 366 g/mol. The van der Waals surface area contributed by atoms with Gasteiger partial charge in [-0.3, -0.25) is 14.7 Å². The van der Waals surface area contributed by atoms with Crippen LogP contribution in [-0.2, 0) is 13.0 Å². The molecule has 1 aliphatic rings. The molecule has 122 valence electrons. The van der Waals surface area contributed by atoms with Crippen LogP contribution in [0, 0.1) is 11.8 Å². The molecule has 0 saturated carbocycles. The molecule has 0 bridgehead atoms. The van der Waals surface area contributed by atoms with Crippen molar-refractivity contribution in [3.05, 3.63) is 63.9 Å². The van der Waals surface area contributed by atoms with Crippen molar-refractivity contribution < 1.29 is 4.79 Å². The standard InChI is InChI=1S/C19H18BrN3O/c20-18-11-17(12-21-13-18)19(24)22-8-3-4-9-23-10-7-15-5-1-2-6-16(15)14-23/h1-2,5-6,11-13H,7-10,14H2,(H,22,24). The third-order valence-corrected chi connectivity index (χ3v) is 4.38. The fraction of sp³-hybridized carbons (Fsp3) is 0.263. The van der Waals surface area contributed by atoms with Crippen molar-refractivity contribution in [3.63, 3.8) is 0 Å². The van der Waals surface area contributed by atoms with Crippen molar-refractivity contribution >= 4 is 21.8 Å². The van der Waals surface area contributed by atoms with Gasteiger partial charge in [0.15, 0.2) is 0 Å². The van der Waals surface area contributed by atoms with E-state index in [-0.39, 0.29) is 5.91 Å². The van der Waals surface area contributed by atoms with Gasteiger partial charge in [-0.1, -0.05) is 36.1 Å². The van der Waals surface area contributed by atoms with E-state index in [4.69, 9.17) is 0 Å². The SMILES string of the molecule is O=C(NCC#CCN1CCc2ccccc2C1)c1cncc(Br)c1. The number of hydrogen-bond donors (Lipinski definition) is 1. The first-order chi connectivity index (χ1) is 11.7. The van der Waals surface area contributed by atoms with Crippen LogP contribution in [0.3, 0.4) is 0 Å². The lowest BCUT2D eigenvalue weighted by Crippen LogP contribution is -2.31. The third-order valence-electron chi connectivity index (χ3n) is 3.94. The van der Waals surface area contributed by atoms with Crippen molar-refractivity contribution in [1.82, 2.24) is 15.2 Å². The van der Waals surface area contributed by atoms with Crippen LogP contribution in [0.2, 0.25) is 0 Å². The van der Waals surface area contributed by atoms with Crippen molar-refractivity contribution in [2.75, 3.05) is 19.6 Å². The number of amides is 1. The predicted molar refractivity (Wildman–Crippen MR) is 97.5 cm³/mol. The van der Waals surface area contributed by atoms with E-state index in [0.29, 0.717) is 12.1 Å². The van der Waals surface area contributed by atoms with Crippen LogP contribution in [-0.4, -0.2) is 35.4 Å². The quantitative estimate of drug-likeness (QED) is 0.828. The number of halogens is 1. The molecular formula is C19H18BrN3O. The summed E-state index contributed by atoms with van der Waals surface area (Å²) in [4.78, 5) is 18.3. The zero-order chi connectivity index (χ0) is 16.8. The van der Waals surface area contributed by atoms with Crippen LogP contribution in [0.25, 0.3) is 0 Å². The summed E-state index contributed by atoms with van der Waals surface area (Å²) in [7, 11) is 0. The second kappa shape index (κ2) is 8.09. The average Bonchev–Trinajstić information content (AvgIpc) is 2.61. The summed E-state index contributed by atoms with van der Waals surface area (Å²) in [6.07, 6.45) is 4.26. The zero-order valence-corrected chi connectivity index (χ0v) is 14.8. The van der Waals surface area contributed by atoms with E-state index in [9.17, 15) is 4.79 Å². The highest BCUT2D eigenvalue weighted by atomic mass is 79.9. The smallest absolute Gasteiger partial charge is 0.253 e. The van der Waals surface area contributed by atoms with Crippen LogP contribution in [0.4, 0.5) is 0 Å². The van der Waals surface area contributed by atoms with Gasteiger partial charge in [-0.05, 0) is 39.5 Å². The van der Waals surface area contributed by atoms with E-state index < -0.39 is 0 Å². The Morgan fingerprint density at radius 1 is 1.25 bits per heavy atom. The van der Waals surface area contributed by atoms with Crippen molar-refractivity contribution in [2.24, 2.45) is 0 Å². The van der Waals surface area contributed by atoms with Gasteiger partial charge >= 0.3 is 0 Å². The number of hydrogen-bond acceptors (Lipinski definition) is 3. The minimum atomic E-state index is -0.162. The molecule has 5 heteroatoms. The Kier molecular flexibility index (Phi) is 5.63. The van der Waals surface area contributed by atoms with E-state index in [1.54, 1.807) is 18.5 Å². The highest BCUT2D eigenvalue weighted by molar-refractivity contribution is 9.10. The lowest BCUT2D eigenvalue weighted by Gasteiger charge is -2.26. The monoisotopic (exact) mass is 383 g/mol. The lowest BCUT2D eigenvalue weighted by atomic mass is 10.0. The molecule has 2 aromatic rings. The number of aromatic nitrogens is 1. The number of benzene rings is 1. The summed E-state index contributed by atoms with van der Waals surface area (Å²) in [5.74, 6) is 5.99. The van der Waals surface area contributed by atoms with Gasteiger partial charge in [0.2, 0.25) is 0 Å². The molecule has 3 rings (SSSR count). The maximum atomic E-state index is 11.9. The van der Waals surface area contributed by atoms with Gasteiger partial charge in [0.25, 0.3) is 5.91 Å². The van der Waals surface area contributed by atoms with Gasteiger partial charge in [-0.2, -0.15) is 0 Å². The highest BCUT2D eigenvalue weighted by Crippen LogP contribution is 2.17. The number of carbonyl (C=O) groups excluding carboxylic acids is 1. The van der Waals surface area contributed by atoms with Crippen molar-refractivity contribution in [2.45, 2.75) is 13.0 Å². The topological polar surface area (TPSA) is 45.2 Å². The van der Waals surface area contributed by atoms with Crippen LogP contribution < -0.4 is 5.32 Å². The summed E-state index contributed by atoms with van der Waals surface area (Å²) in [6, 6.07) is 10.3. The molecule has 0 unspecified atom stereocenters. The molecule has 0 fully saturated rings. The number of nitrogens with one attached hydrogen (secondary N) is 1. The van der Waals surface area contributed by atoms with Crippen LogP contribution >= 0.6 is 15.9 Å². The van der Waals surface area contributed by atoms with Gasteiger partial charge < -0.3 is 5.32 Å². The molecule has 0 atom stereocenters. The first-order valence-electron chi connectivity index (χ1n) is 7.86. The Hall–Kier alpha value is -2.16. The van der Waals surface area contributed by atoms with Gasteiger partial charge in [0.05, 0.1) is 18.7 Å². The summed E-state index contributed by atoms with van der Waals surface area (Å²) in [6.45, 7) is 3.04. The number of rotatable bonds is 3. The molecule has 1 aromatic carbocycles. The summed E-state index contributed by atoms with van der Waals surface area (Å²) in [5.41, 5.74) is 3.36. The fourth-order valence-corrected chi connectivity index (χ4v) is 3.05. The zero-order valence-electron chi connectivity index (χ0n) is 13.3. The molecule has 2 heterocycles. The number of pyridine rings is 1. The fourth-order valence-electron chi connectivity index (χ4n) is 2.68. The summed E-state index contributed by atoms with van der Waals surface area (Å²) < 4.78 is 0.784. The van der Waals surface area contributed by atoms with E-state index in [1.807, 2.05) is 0 Å². The first-order valence-corrected chi connectivity index (χ1v) is 8.65. The Morgan fingerprint density at radius 2 is 2.08 bits per heavy atom. The molecule has 1 amide bonds. The molecule has 1 aliphatic heterocycles. The van der Waals surface area contributed by atoms with Gasteiger partial charge in [-0.15, -0.1) is 0 Å². The van der Waals surface area contributed by atoms with Crippen LogP contribution in [0.5, 0.6) is 0 Å². The molecule has 0 aliphatic carbocycles. The normalized spacial score (nSPS) is 13.5. The van der Waals surface area contributed by atoms with E-state index in [2.05, 4.69) is 67.2 Å². The first kappa shape index (κ1) is 16.7. The molecule has 1 N–H and O–H groups in total. The number of nitrogens with zero attached hydrogens (tertiary/aromatic N) is 2. The Morgan fingerprint density at radius 3 is 2.92 bits per heavy atom. The Labute approximate surface area is 150 Å². The molecule has 0 saturated heterocycles. The lowest BCUT2D eigenvalue weighted by molar-refractivity contribution is 0.0958. The minimum Gasteiger partial charge on any atom is -0.341 e. The van der Waals surface area contributed by atoms with Gasteiger partial charge in [0, 0.05) is 30.0 Å². The maximum Gasteiger partial charge on any atom is 0.253 e. The molecule has 24 heavy (non-hydrogen) atoms. The second-order valence-electron chi connectivity index (χ2n) is 5.66. The second-order valence-corrected chi connectivity index (χ2v) is 6.57. The highest BCUT2D eigenvalue weighted by Gasteiger charge is 2.14. The van der Waals surface area contributed by atoms with E-state index in [1.165, 1.54) is 11.1 Å². The van der Waals surface area contributed by atoms with Crippen molar-refractivity contribution in [3.8, 4) is 11.8 Å². The van der Waals surface area contributed by atoms with Crippen LogP contribution in [0.15, 0.2) is 47.2 Å². The Bertz CT molecular complexity index is 794. The number of fused-ring (bicyclic) bond motifs is 1. The van der Waals surface area contributed by atoms with E-state index in [0.717, 1.165) is 30.5 Å².